The molecule has 1 saturated heterocycles. The number of amidine groups is 1. The minimum atomic E-state index is 0.0747. The highest BCUT2D eigenvalue weighted by Crippen LogP contribution is 2.47. The van der Waals surface area contributed by atoms with Gasteiger partial charge in [0.1, 0.15) is 0 Å². The van der Waals surface area contributed by atoms with Crippen LogP contribution in [-0.2, 0) is 9.53 Å². The van der Waals surface area contributed by atoms with Crippen molar-refractivity contribution < 1.29 is 9.53 Å². The van der Waals surface area contributed by atoms with E-state index in [0.29, 0.717) is 5.25 Å². The molecule has 3 aliphatic rings. The summed E-state index contributed by atoms with van der Waals surface area (Å²) < 4.78 is 5.53. The van der Waals surface area contributed by atoms with Gasteiger partial charge in [0.05, 0.1) is 30.5 Å². The van der Waals surface area contributed by atoms with Crippen molar-refractivity contribution in [3.05, 3.63) is 24.3 Å². The van der Waals surface area contributed by atoms with Crippen molar-refractivity contribution >= 4 is 34.2 Å². The van der Waals surface area contributed by atoms with Gasteiger partial charge < -0.3 is 14.5 Å². The zero-order valence-corrected chi connectivity index (χ0v) is 18.0. The number of amides is 1. The third-order valence-electron chi connectivity index (χ3n) is 6.18. The van der Waals surface area contributed by atoms with Crippen molar-refractivity contribution in [2.24, 2.45) is 16.3 Å². The van der Waals surface area contributed by atoms with E-state index in [9.17, 15) is 4.79 Å². The van der Waals surface area contributed by atoms with E-state index in [4.69, 9.17) is 4.74 Å². The van der Waals surface area contributed by atoms with Gasteiger partial charge in [0.2, 0.25) is 0 Å². The topological polar surface area (TPSA) is 45.1 Å². The Bertz CT molecular complexity index is 758. The number of fused-ring (bicyclic) bond motifs is 1. The maximum Gasteiger partial charge on any atom is 0.252 e. The Morgan fingerprint density at radius 1 is 1.29 bits per heavy atom. The molecule has 2 fully saturated rings. The first-order valence-electron chi connectivity index (χ1n) is 10.5. The average molecular weight is 402 g/mol. The Balaban J connectivity index is 1.62. The Labute approximate surface area is 172 Å². The zero-order chi connectivity index (χ0) is 19.7. The number of carbonyl (C=O) groups is 1. The smallest absolute Gasteiger partial charge is 0.252 e. The summed E-state index contributed by atoms with van der Waals surface area (Å²) in [5.41, 5.74) is 2.59. The maximum absolute atomic E-state index is 12.9. The van der Waals surface area contributed by atoms with Crippen molar-refractivity contribution in [2.45, 2.75) is 45.3 Å². The molecule has 5 nitrogen and oxygen atoms in total. The van der Waals surface area contributed by atoms with Crippen molar-refractivity contribution in [3.8, 4) is 0 Å². The standard InChI is InChI=1S/C22H31N3O2S/c1-4-25(18-8-6-5-7-17(18)24-11-13-27-14-12-24)21-23-20(26)16-15-22(2,3)10-9-19(16)28-21/h5-8,16,19H,4,9-15H2,1-3H3. The first kappa shape index (κ1) is 19.8. The molecule has 6 heteroatoms. The normalized spacial score (nSPS) is 27.2. The van der Waals surface area contributed by atoms with E-state index in [2.05, 4.69) is 59.8 Å². The molecule has 0 spiro atoms. The number of nitrogens with zero attached hydrogens (tertiary/aromatic N) is 3. The van der Waals surface area contributed by atoms with Crippen LogP contribution in [0.15, 0.2) is 29.3 Å². The summed E-state index contributed by atoms with van der Waals surface area (Å²) in [6, 6.07) is 8.48. The highest BCUT2D eigenvalue weighted by molar-refractivity contribution is 8.14. The van der Waals surface area contributed by atoms with Gasteiger partial charge in [0.15, 0.2) is 5.17 Å². The van der Waals surface area contributed by atoms with Gasteiger partial charge in [-0.3, -0.25) is 4.79 Å². The molecule has 0 aromatic heterocycles. The molecule has 1 amide bonds. The lowest BCUT2D eigenvalue weighted by Gasteiger charge is -2.42. The summed E-state index contributed by atoms with van der Waals surface area (Å²) in [4.78, 5) is 22.1. The first-order chi connectivity index (χ1) is 13.5. The summed E-state index contributed by atoms with van der Waals surface area (Å²) in [5, 5.41) is 1.23. The van der Waals surface area contributed by atoms with Gasteiger partial charge in [-0.15, -0.1) is 0 Å². The Morgan fingerprint density at radius 2 is 2.04 bits per heavy atom. The molecule has 1 aromatic carbocycles. The van der Waals surface area contributed by atoms with Crippen LogP contribution in [0.2, 0.25) is 0 Å². The number of hydrogen-bond acceptors (Lipinski definition) is 5. The van der Waals surface area contributed by atoms with Gasteiger partial charge in [-0.2, -0.15) is 4.99 Å². The number of rotatable bonds is 3. The molecule has 2 unspecified atom stereocenters. The van der Waals surface area contributed by atoms with Crippen LogP contribution < -0.4 is 9.80 Å². The number of benzene rings is 1. The summed E-state index contributed by atoms with van der Waals surface area (Å²) in [6.07, 6.45) is 3.23. The number of aliphatic imine (C=N–C) groups is 1. The van der Waals surface area contributed by atoms with Crippen molar-refractivity contribution in [1.29, 1.82) is 0 Å². The molecule has 1 aromatic rings. The number of anilines is 2. The highest BCUT2D eigenvalue weighted by atomic mass is 32.2. The Hall–Kier alpha value is -1.53. The van der Waals surface area contributed by atoms with E-state index in [0.717, 1.165) is 56.5 Å². The maximum atomic E-state index is 12.9. The Kier molecular flexibility index (Phi) is 5.70. The second-order valence-electron chi connectivity index (χ2n) is 8.73. The predicted molar refractivity (Wildman–Crippen MR) is 117 cm³/mol. The van der Waals surface area contributed by atoms with Crippen molar-refractivity contribution in [3.63, 3.8) is 0 Å². The lowest BCUT2D eigenvalue weighted by Crippen LogP contribution is -2.43. The summed E-state index contributed by atoms with van der Waals surface area (Å²) >= 11 is 1.81. The molecule has 4 rings (SSSR count). The minimum Gasteiger partial charge on any atom is -0.378 e. The van der Waals surface area contributed by atoms with Crippen LogP contribution in [0.25, 0.3) is 0 Å². The zero-order valence-electron chi connectivity index (χ0n) is 17.2. The fraction of sp³-hybridized carbons (Fsp3) is 0.636. The van der Waals surface area contributed by atoms with Gasteiger partial charge >= 0.3 is 0 Å². The summed E-state index contributed by atoms with van der Waals surface area (Å²) in [6.45, 7) is 10.8. The minimum absolute atomic E-state index is 0.0747. The van der Waals surface area contributed by atoms with Crippen LogP contribution >= 0.6 is 11.8 Å². The van der Waals surface area contributed by atoms with E-state index >= 15 is 0 Å². The largest absolute Gasteiger partial charge is 0.378 e. The van der Waals surface area contributed by atoms with Gasteiger partial charge in [0.25, 0.3) is 5.91 Å². The number of carbonyl (C=O) groups excluding carboxylic acids is 1. The number of ether oxygens (including phenoxy) is 1. The summed E-state index contributed by atoms with van der Waals surface area (Å²) in [5.74, 6) is 0.152. The van der Waals surface area contributed by atoms with Crippen LogP contribution in [-0.4, -0.2) is 49.2 Å². The van der Waals surface area contributed by atoms with E-state index in [-0.39, 0.29) is 17.2 Å². The molecule has 2 heterocycles. The van der Waals surface area contributed by atoms with Gasteiger partial charge in [0, 0.05) is 24.9 Å². The number of para-hydroxylation sites is 2. The molecule has 2 aliphatic heterocycles. The molecular weight excluding hydrogens is 370 g/mol. The molecule has 0 bridgehead atoms. The van der Waals surface area contributed by atoms with E-state index in [1.807, 2.05) is 11.8 Å². The second kappa shape index (κ2) is 8.07. The number of hydrogen-bond donors (Lipinski definition) is 0. The van der Waals surface area contributed by atoms with E-state index in [1.54, 1.807) is 0 Å². The second-order valence-corrected chi connectivity index (χ2v) is 9.94. The third kappa shape index (κ3) is 3.94. The molecule has 152 valence electrons. The molecule has 1 aliphatic carbocycles. The number of thioether (sulfide) groups is 1. The van der Waals surface area contributed by atoms with Crippen LogP contribution in [0.1, 0.15) is 40.0 Å². The van der Waals surface area contributed by atoms with Gasteiger partial charge in [-0.1, -0.05) is 37.7 Å². The lowest BCUT2D eigenvalue weighted by atomic mass is 9.71. The predicted octanol–water partition coefficient (Wildman–Crippen LogP) is 4.17. The average Bonchev–Trinajstić information content (AvgIpc) is 2.70. The summed E-state index contributed by atoms with van der Waals surface area (Å²) in [7, 11) is 0. The monoisotopic (exact) mass is 401 g/mol. The van der Waals surface area contributed by atoms with Crippen molar-refractivity contribution in [1.82, 2.24) is 0 Å². The highest BCUT2D eigenvalue weighted by Gasteiger charge is 2.43. The fourth-order valence-corrected chi connectivity index (χ4v) is 5.97. The fourth-order valence-electron chi connectivity index (χ4n) is 4.59. The van der Waals surface area contributed by atoms with Crippen LogP contribution in [0.3, 0.4) is 0 Å². The van der Waals surface area contributed by atoms with Crippen LogP contribution in [0, 0.1) is 11.3 Å². The quantitative estimate of drug-likeness (QED) is 0.760. The third-order valence-corrected chi connectivity index (χ3v) is 7.57. The van der Waals surface area contributed by atoms with Crippen molar-refractivity contribution in [2.75, 3.05) is 42.6 Å². The molecule has 1 saturated carbocycles. The van der Waals surface area contributed by atoms with Crippen LogP contribution in [0.5, 0.6) is 0 Å². The molecule has 28 heavy (non-hydrogen) atoms. The molecule has 0 radical (unpaired) electrons. The lowest BCUT2D eigenvalue weighted by molar-refractivity contribution is -0.123. The van der Waals surface area contributed by atoms with E-state index in [1.165, 1.54) is 12.1 Å². The molecule has 0 N–H and O–H groups in total. The Morgan fingerprint density at radius 3 is 2.79 bits per heavy atom. The van der Waals surface area contributed by atoms with Gasteiger partial charge in [-0.05, 0) is 43.7 Å². The van der Waals surface area contributed by atoms with Crippen LogP contribution in [0.4, 0.5) is 11.4 Å². The number of morpholine rings is 1. The molecular formula is C22H31N3O2S. The first-order valence-corrected chi connectivity index (χ1v) is 11.3. The van der Waals surface area contributed by atoms with Gasteiger partial charge in [-0.25, -0.2) is 0 Å². The van der Waals surface area contributed by atoms with E-state index < -0.39 is 0 Å². The SMILES string of the molecule is CCN(C1=NC(=O)C2CC(C)(C)CCC2S1)c1ccccc1N1CCOCC1. The molecule has 2 atom stereocenters.